The van der Waals surface area contributed by atoms with Gasteiger partial charge < -0.3 is 4.74 Å². The van der Waals surface area contributed by atoms with E-state index in [1.165, 1.54) is 25.7 Å². The number of alkyl halides is 1. The van der Waals surface area contributed by atoms with Crippen LogP contribution in [0, 0.1) is 5.92 Å². The Labute approximate surface area is 80.4 Å². The molecule has 0 N–H and O–H groups in total. The van der Waals surface area contributed by atoms with Gasteiger partial charge in [-0.1, -0.05) is 19.8 Å². The molecule has 0 bridgehead atoms. The Balaban J connectivity index is 2.06. The predicted octanol–water partition coefficient (Wildman–Crippen LogP) is 3.21. The number of halogens is 1. The molecule has 0 aromatic rings. The Kier molecular flexibility index (Phi) is 5.01. The van der Waals surface area contributed by atoms with Crippen LogP contribution in [0.15, 0.2) is 0 Å². The van der Waals surface area contributed by atoms with Crippen molar-refractivity contribution in [1.29, 1.82) is 0 Å². The first kappa shape index (κ1) is 10.3. The van der Waals surface area contributed by atoms with E-state index in [0.717, 1.165) is 24.8 Å². The number of hydrogen-bond acceptors (Lipinski definition) is 1. The summed E-state index contributed by atoms with van der Waals surface area (Å²) in [6.45, 7) is 3.16. The highest BCUT2D eigenvalue weighted by Crippen LogP contribution is 2.25. The Morgan fingerprint density at radius 1 is 1.42 bits per heavy atom. The zero-order chi connectivity index (χ0) is 8.81. The Hall–Kier alpha value is 0.250. The van der Waals surface area contributed by atoms with Crippen LogP contribution in [0.5, 0.6) is 0 Å². The fourth-order valence-corrected chi connectivity index (χ4v) is 1.94. The van der Waals surface area contributed by atoms with Crippen molar-refractivity contribution in [2.75, 3.05) is 12.5 Å². The summed E-state index contributed by atoms with van der Waals surface area (Å²) >= 11 is 5.57. The van der Waals surface area contributed by atoms with Crippen molar-refractivity contribution in [3.63, 3.8) is 0 Å². The predicted molar refractivity (Wildman–Crippen MR) is 52.7 cm³/mol. The van der Waals surface area contributed by atoms with Crippen LogP contribution in [-0.4, -0.2) is 18.6 Å². The van der Waals surface area contributed by atoms with Crippen LogP contribution in [0.1, 0.15) is 39.0 Å². The minimum atomic E-state index is 0.525. The maximum atomic E-state index is 5.71. The lowest BCUT2D eigenvalue weighted by atomic mass is 9.89. The highest BCUT2D eigenvalue weighted by molar-refractivity contribution is 6.17. The lowest BCUT2D eigenvalue weighted by Gasteiger charge is -2.26. The number of ether oxygens (including phenoxy) is 1. The summed E-state index contributed by atoms with van der Waals surface area (Å²) in [4.78, 5) is 0. The van der Waals surface area contributed by atoms with E-state index in [1.807, 2.05) is 0 Å². The molecule has 0 aliphatic heterocycles. The van der Waals surface area contributed by atoms with Crippen molar-refractivity contribution in [2.45, 2.75) is 45.1 Å². The summed E-state index contributed by atoms with van der Waals surface area (Å²) in [5.41, 5.74) is 0. The van der Waals surface area contributed by atoms with Crippen LogP contribution >= 0.6 is 11.6 Å². The molecule has 1 fully saturated rings. The molecule has 0 saturated heterocycles. The van der Waals surface area contributed by atoms with Gasteiger partial charge in [-0.05, 0) is 25.2 Å². The summed E-state index contributed by atoms with van der Waals surface area (Å²) in [7, 11) is 0. The van der Waals surface area contributed by atoms with E-state index in [9.17, 15) is 0 Å². The van der Waals surface area contributed by atoms with Crippen LogP contribution in [0.3, 0.4) is 0 Å². The van der Waals surface area contributed by atoms with Gasteiger partial charge in [-0.25, -0.2) is 0 Å². The Bertz CT molecular complexity index is 116. The third kappa shape index (κ3) is 3.77. The monoisotopic (exact) mass is 190 g/mol. The molecule has 0 aromatic heterocycles. The number of hydrogen-bond donors (Lipinski definition) is 0. The highest BCUT2D eigenvalue weighted by Gasteiger charge is 2.18. The van der Waals surface area contributed by atoms with Crippen molar-refractivity contribution in [3.05, 3.63) is 0 Å². The first-order valence-electron chi connectivity index (χ1n) is 5.00. The SMILES string of the molecule is CC1CCCC(OCCCCl)C1. The topological polar surface area (TPSA) is 9.23 Å². The van der Waals surface area contributed by atoms with Crippen molar-refractivity contribution in [1.82, 2.24) is 0 Å². The first-order valence-corrected chi connectivity index (χ1v) is 5.54. The van der Waals surface area contributed by atoms with Crippen LogP contribution in [0.4, 0.5) is 0 Å². The minimum absolute atomic E-state index is 0.525. The Morgan fingerprint density at radius 3 is 2.92 bits per heavy atom. The molecule has 1 aliphatic rings. The van der Waals surface area contributed by atoms with Crippen molar-refractivity contribution < 1.29 is 4.74 Å². The van der Waals surface area contributed by atoms with Gasteiger partial charge in [-0.2, -0.15) is 0 Å². The second-order valence-corrected chi connectivity index (χ2v) is 4.19. The van der Waals surface area contributed by atoms with Gasteiger partial charge >= 0.3 is 0 Å². The summed E-state index contributed by atoms with van der Waals surface area (Å²) in [6, 6.07) is 0. The summed E-state index contributed by atoms with van der Waals surface area (Å²) in [5, 5.41) is 0. The molecule has 0 heterocycles. The van der Waals surface area contributed by atoms with Gasteiger partial charge in [0.2, 0.25) is 0 Å². The average molecular weight is 191 g/mol. The van der Waals surface area contributed by atoms with Gasteiger partial charge in [0.15, 0.2) is 0 Å². The molecule has 1 nitrogen and oxygen atoms in total. The first-order chi connectivity index (χ1) is 5.83. The molecule has 2 heteroatoms. The molecule has 1 saturated carbocycles. The van der Waals surface area contributed by atoms with Gasteiger partial charge in [0, 0.05) is 12.5 Å². The highest BCUT2D eigenvalue weighted by atomic mass is 35.5. The van der Waals surface area contributed by atoms with E-state index in [1.54, 1.807) is 0 Å². The molecule has 0 radical (unpaired) electrons. The second-order valence-electron chi connectivity index (χ2n) is 3.81. The van der Waals surface area contributed by atoms with E-state index >= 15 is 0 Å². The van der Waals surface area contributed by atoms with Gasteiger partial charge in [-0.15, -0.1) is 11.6 Å². The molecule has 2 unspecified atom stereocenters. The molecule has 0 aromatic carbocycles. The van der Waals surface area contributed by atoms with Crippen molar-refractivity contribution in [3.8, 4) is 0 Å². The molecular formula is C10H19ClO. The smallest absolute Gasteiger partial charge is 0.0577 e. The number of rotatable bonds is 4. The lowest BCUT2D eigenvalue weighted by Crippen LogP contribution is -2.21. The molecule has 0 spiro atoms. The maximum Gasteiger partial charge on any atom is 0.0577 e. The third-order valence-corrected chi connectivity index (χ3v) is 2.79. The van der Waals surface area contributed by atoms with Crippen molar-refractivity contribution >= 4 is 11.6 Å². The van der Waals surface area contributed by atoms with Crippen molar-refractivity contribution in [2.24, 2.45) is 5.92 Å². The fourth-order valence-electron chi connectivity index (χ4n) is 1.83. The quantitative estimate of drug-likeness (QED) is 0.489. The third-order valence-electron chi connectivity index (χ3n) is 2.52. The largest absolute Gasteiger partial charge is 0.378 e. The molecule has 0 amide bonds. The van der Waals surface area contributed by atoms with Gasteiger partial charge in [0.1, 0.15) is 0 Å². The van der Waals surface area contributed by atoms with Crippen LogP contribution < -0.4 is 0 Å². The summed E-state index contributed by atoms with van der Waals surface area (Å²) in [5.74, 6) is 1.59. The maximum absolute atomic E-state index is 5.71. The molecule has 2 atom stereocenters. The molecule has 72 valence electrons. The molecular weight excluding hydrogens is 172 g/mol. The van der Waals surface area contributed by atoms with Crippen LogP contribution in [-0.2, 0) is 4.74 Å². The summed E-state index contributed by atoms with van der Waals surface area (Å²) < 4.78 is 5.71. The zero-order valence-corrected chi connectivity index (χ0v) is 8.65. The normalized spacial score (nSPS) is 30.5. The van der Waals surface area contributed by atoms with E-state index in [0.29, 0.717) is 6.10 Å². The molecule has 1 rings (SSSR count). The van der Waals surface area contributed by atoms with Crippen LogP contribution in [0.2, 0.25) is 0 Å². The zero-order valence-electron chi connectivity index (χ0n) is 7.89. The van der Waals surface area contributed by atoms with E-state index < -0.39 is 0 Å². The van der Waals surface area contributed by atoms with Gasteiger partial charge in [0.05, 0.1) is 6.10 Å². The van der Waals surface area contributed by atoms with E-state index in [2.05, 4.69) is 6.92 Å². The van der Waals surface area contributed by atoms with E-state index in [4.69, 9.17) is 16.3 Å². The van der Waals surface area contributed by atoms with Gasteiger partial charge in [0.25, 0.3) is 0 Å². The standard InChI is InChI=1S/C10H19ClO/c1-9-4-2-5-10(8-9)12-7-3-6-11/h9-10H,2-8H2,1H3. The fraction of sp³-hybridized carbons (Fsp3) is 1.00. The molecule has 12 heavy (non-hydrogen) atoms. The van der Waals surface area contributed by atoms with Gasteiger partial charge in [-0.3, -0.25) is 0 Å². The Morgan fingerprint density at radius 2 is 2.25 bits per heavy atom. The molecule has 1 aliphatic carbocycles. The second kappa shape index (κ2) is 5.82. The average Bonchev–Trinajstić information content (AvgIpc) is 2.05. The van der Waals surface area contributed by atoms with E-state index in [-0.39, 0.29) is 0 Å². The lowest BCUT2D eigenvalue weighted by molar-refractivity contribution is 0.0163. The van der Waals surface area contributed by atoms with Crippen LogP contribution in [0.25, 0.3) is 0 Å². The minimum Gasteiger partial charge on any atom is -0.378 e. The summed E-state index contributed by atoms with van der Waals surface area (Å²) in [6.07, 6.45) is 6.75.